The zero-order chi connectivity index (χ0) is 8.10. The van der Waals surface area contributed by atoms with Gasteiger partial charge in [0.15, 0.2) is 0 Å². The first-order valence-corrected chi connectivity index (χ1v) is 3.95. The van der Waals surface area contributed by atoms with E-state index in [1.54, 1.807) is 0 Å². The molecular weight excluding hydrogens is 168 g/mol. The molecule has 0 amide bonds. The van der Waals surface area contributed by atoms with Crippen molar-refractivity contribution in [2.75, 3.05) is 5.75 Å². The van der Waals surface area contributed by atoms with Gasteiger partial charge < -0.3 is 5.11 Å². The molecule has 1 rings (SSSR count). The van der Waals surface area contributed by atoms with E-state index in [4.69, 9.17) is 5.11 Å². The molecule has 1 aromatic heterocycles. The Balaban J connectivity index is 2.19. The van der Waals surface area contributed by atoms with E-state index >= 15 is 0 Å². The molecule has 0 saturated carbocycles. The van der Waals surface area contributed by atoms with Crippen LogP contribution >= 0.6 is 11.8 Å². The van der Waals surface area contributed by atoms with Gasteiger partial charge in [0.05, 0.1) is 11.6 Å². The van der Waals surface area contributed by atoms with Crippen molar-refractivity contribution in [1.82, 2.24) is 20.2 Å². The van der Waals surface area contributed by atoms with E-state index in [-0.39, 0.29) is 5.75 Å². The van der Waals surface area contributed by atoms with Crippen molar-refractivity contribution >= 4 is 17.7 Å². The second-order valence-electron chi connectivity index (χ2n) is 1.72. The molecule has 60 valence electrons. The second kappa shape index (κ2) is 3.91. The van der Waals surface area contributed by atoms with Gasteiger partial charge in [-0.05, 0) is 10.4 Å². The molecule has 1 heterocycles. The maximum absolute atomic E-state index is 10.0. The molecule has 0 aliphatic rings. The van der Waals surface area contributed by atoms with Crippen molar-refractivity contribution in [1.29, 1.82) is 0 Å². The Morgan fingerprint density at radius 1 is 1.73 bits per heavy atom. The smallest absolute Gasteiger partial charge is 0.313 e. The number of thioether (sulfide) groups is 1. The van der Waals surface area contributed by atoms with E-state index in [1.807, 2.05) is 0 Å². The summed E-state index contributed by atoms with van der Waals surface area (Å²) >= 11 is 1.24. The number of aromatic nitrogens is 4. The highest BCUT2D eigenvalue weighted by molar-refractivity contribution is 7.98. The van der Waals surface area contributed by atoms with E-state index in [2.05, 4.69) is 15.5 Å². The van der Waals surface area contributed by atoms with Crippen LogP contribution in [0, 0.1) is 0 Å². The number of hydrogen-bond acceptors (Lipinski definition) is 5. The number of hydrogen-bond donors (Lipinski definition) is 1. The molecule has 0 aliphatic carbocycles. The number of rotatable bonds is 4. The Bertz CT molecular complexity index is 224. The summed E-state index contributed by atoms with van der Waals surface area (Å²) in [5.41, 5.74) is 0. The summed E-state index contributed by atoms with van der Waals surface area (Å²) in [6, 6.07) is 0. The Labute approximate surface area is 66.6 Å². The largest absolute Gasteiger partial charge is 0.481 e. The molecule has 0 fully saturated rings. The van der Waals surface area contributed by atoms with Gasteiger partial charge >= 0.3 is 5.97 Å². The molecule has 7 heteroatoms. The van der Waals surface area contributed by atoms with Crippen molar-refractivity contribution in [3.05, 3.63) is 6.33 Å². The van der Waals surface area contributed by atoms with Gasteiger partial charge in [-0.15, -0.1) is 16.9 Å². The van der Waals surface area contributed by atoms with Gasteiger partial charge in [0.1, 0.15) is 6.33 Å². The van der Waals surface area contributed by atoms with E-state index in [0.29, 0.717) is 5.88 Å². The van der Waals surface area contributed by atoms with Crippen LogP contribution in [0.25, 0.3) is 0 Å². The lowest BCUT2D eigenvalue weighted by Crippen LogP contribution is -2.02. The lowest BCUT2D eigenvalue weighted by molar-refractivity contribution is -0.133. The van der Waals surface area contributed by atoms with Crippen molar-refractivity contribution in [3.63, 3.8) is 0 Å². The Morgan fingerprint density at radius 3 is 3.09 bits per heavy atom. The highest BCUT2D eigenvalue weighted by Crippen LogP contribution is 2.01. The summed E-state index contributed by atoms with van der Waals surface area (Å²) in [4.78, 5) is 10.0. The zero-order valence-corrected chi connectivity index (χ0v) is 6.36. The molecule has 1 aromatic rings. The van der Waals surface area contributed by atoms with Crippen LogP contribution in [-0.4, -0.2) is 37.0 Å². The summed E-state index contributed by atoms with van der Waals surface area (Å²) in [7, 11) is 0. The number of carboxylic acids is 1. The maximum atomic E-state index is 10.0. The average molecular weight is 174 g/mol. The molecule has 0 aliphatic heterocycles. The minimum absolute atomic E-state index is 0.0693. The second-order valence-corrected chi connectivity index (χ2v) is 2.68. The van der Waals surface area contributed by atoms with Crippen LogP contribution in [0.5, 0.6) is 0 Å². The van der Waals surface area contributed by atoms with Crippen LogP contribution in [0.1, 0.15) is 0 Å². The van der Waals surface area contributed by atoms with Crippen LogP contribution in [0.3, 0.4) is 0 Å². The predicted octanol–water partition coefficient (Wildman–Crippen LogP) is -0.552. The van der Waals surface area contributed by atoms with Crippen LogP contribution in [0.2, 0.25) is 0 Å². The SMILES string of the molecule is O=C(O)CSCn1cnnn1. The first kappa shape index (κ1) is 7.99. The predicted molar refractivity (Wildman–Crippen MR) is 37.9 cm³/mol. The third-order valence-electron chi connectivity index (χ3n) is 0.841. The van der Waals surface area contributed by atoms with Gasteiger partial charge in [-0.2, -0.15) is 0 Å². The Kier molecular flexibility index (Phi) is 2.84. The molecule has 0 atom stereocenters. The van der Waals surface area contributed by atoms with Gasteiger partial charge in [-0.25, -0.2) is 4.68 Å². The van der Waals surface area contributed by atoms with E-state index in [9.17, 15) is 4.79 Å². The van der Waals surface area contributed by atoms with Crippen molar-refractivity contribution in [3.8, 4) is 0 Å². The lowest BCUT2D eigenvalue weighted by atomic mass is 10.8. The normalized spacial score (nSPS) is 9.82. The molecule has 1 N–H and O–H groups in total. The molecule has 0 aromatic carbocycles. The molecule has 0 spiro atoms. The lowest BCUT2D eigenvalue weighted by Gasteiger charge is -1.94. The fourth-order valence-corrected chi connectivity index (χ4v) is 1.04. The van der Waals surface area contributed by atoms with Gasteiger partial charge in [0, 0.05) is 0 Å². The van der Waals surface area contributed by atoms with Crippen molar-refractivity contribution < 1.29 is 9.90 Å². The summed E-state index contributed by atoms with van der Waals surface area (Å²) in [6.45, 7) is 0. The van der Waals surface area contributed by atoms with E-state index in [1.165, 1.54) is 22.8 Å². The monoisotopic (exact) mass is 174 g/mol. The topological polar surface area (TPSA) is 80.9 Å². The summed E-state index contributed by atoms with van der Waals surface area (Å²) < 4.78 is 1.47. The van der Waals surface area contributed by atoms with Gasteiger partial charge in [-0.3, -0.25) is 4.79 Å². The van der Waals surface area contributed by atoms with Crippen LogP contribution in [0.15, 0.2) is 6.33 Å². The standard InChI is InChI=1S/C4H6N4O2S/c9-4(10)1-11-3-8-2-5-6-7-8/h2H,1,3H2,(H,9,10). The molecule has 0 saturated heterocycles. The fraction of sp³-hybridized carbons (Fsp3) is 0.500. The third-order valence-corrected chi connectivity index (χ3v) is 1.74. The first-order chi connectivity index (χ1) is 5.29. The van der Waals surface area contributed by atoms with E-state index < -0.39 is 5.97 Å². The average Bonchev–Trinajstić information content (AvgIpc) is 2.39. The minimum atomic E-state index is -0.830. The zero-order valence-electron chi connectivity index (χ0n) is 5.54. The molecule has 0 bridgehead atoms. The molecule has 11 heavy (non-hydrogen) atoms. The summed E-state index contributed by atoms with van der Waals surface area (Å²) in [5.74, 6) is -0.290. The van der Waals surface area contributed by atoms with Crippen LogP contribution in [-0.2, 0) is 10.7 Å². The highest BCUT2D eigenvalue weighted by Gasteiger charge is 1.97. The van der Waals surface area contributed by atoms with Crippen molar-refractivity contribution in [2.24, 2.45) is 0 Å². The summed E-state index contributed by atoms with van der Waals surface area (Å²) in [6.07, 6.45) is 1.44. The maximum Gasteiger partial charge on any atom is 0.313 e. The van der Waals surface area contributed by atoms with Crippen LogP contribution in [0.4, 0.5) is 0 Å². The Morgan fingerprint density at radius 2 is 2.55 bits per heavy atom. The Hall–Kier alpha value is -1.11. The van der Waals surface area contributed by atoms with Crippen LogP contribution < -0.4 is 0 Å². The number of carbonyl (C=O) groups is 1. The van der Waals surface area contributed by atoms with E-state index in [0.717, 1.165) is 0 Å². The van der Waals surface area contributed by atoms with Gasteiger partial charge in [-0.1, -0.05) is 0 Å². The van der Waals surface area contributed by atoms with Crippen molar-refractivity contribution in [2.45, 2.75) is 5.88 Å². The number of nitrogens with zero attached hydrogens (tertiary/aromatic N) is 4. The molecule has 6 nitrogen and oxygen atoms in total. The number of aliphatic carboxylic acids is 1. The number of carboxylic acid groups (broad SMARTS) is 1. The van der Waals surface area contributed by atoms with Gasteiger partial charge in [0.25, 0.3) is 0 Å². The number of tetrazole rings is 1. The molecule has 0 radical (unpaired) electrons. The fourth-order valence-electron chi connectivity index (χ4n) is 0.466. The third kappa shape index (κ3) is 2.99. The summed E-state index contributed by atoms with van der Waals surface area (Å²) in [5, 5.41) is 18.6. The first-order valence-electron chi connectivity index (χ1n) is 2.79. The quantitative estimate of drug-likeness (QED) is 0.659. The minimum Gasteiger partial charge on any atom is -0.481 e. The van der Waals surface area contributed by atoms with Gasteiger partial charge in [0.2, 0.25) is 0 Å². The molecule has 0 unspecified atom stereocenters. The highest BCUT2D eigenvalue weighted by atomic mass is 32.2. The molecular formula is C4H6N4O2S.